The fourth-order valence-electron chi connectivity index (χ4n) is 3.18. The Balaban J connectivity index is 2.28. The zero-order valence-corrected chi connectivity index (χ0v) is 14.9. The minimum Gasteiger partial charge on any atom is -0.480 e. The maximum atomic E-state index is 13.9. The molecule has 0 saturated heterocycles. The second kappa shape index (κ2) is 6.74. The van der Waals surface area contributed by atoms with Crippen molar-refractivity contribution in [3.63, 3.8) is 0 Å². The maximum Gasteiger partial charge on any atom is 0.323 e. The molecule has 7 heteroatoms. The number of aromatic nitrogens is 3. The molecule has 0 bridgehead atoms. The Morgan fingerprint density at radius 1 is 1.27 bits per heavy atom. The molecule has 0 aliphatic rings. The first kappa shape index (κ1) is 17.8. The molecule has 0 amide bonds. The van der Waals surface area contributed by atoms with E-state index in [0.717, 1.165) is 0 Å². The SMILES string of the molecule is Cc1c(-c2ccc(=O)n(CC(C)C)n2)c2cc(F)ccc2n1CC(=O)O. The van der Waals surface area contributed by atoms with E-state index in [1.807, 2.05) is 13.8 Å². The summed E-state index contributed by atoms with van der Waals surface area (Å²) in [5, 5.41) is 14.2. The molecule has 2 aromatic heterocycles. The van der Waals surface area contributed by atoms with Gasteiger partial charge in [0, 0.05) is 34.8 Å². The predicted molar refractivity (Wildman–Crippen MR) is 96.6 cm³/mol. The molecule has 0 fully saturated rings. The lowest BCUT2D eigenvalue weighted by Crippen LogP contribution is -2.24. The molecule has 0 aliphatic carbocycles. The Kier molecular flexibility index (Phi) is 4.63. The second-order valence-corrected chi connectivity index (χ2v) is 6.73. The van der Waals surface area contributed by atoms with E-state index in [4.69, 9.17) is 0 Å². The normalized spacial score (nSPS) is 11.4. The summed E-state index contributed by atoms with van der Waals surface area (Å²) in [6.45, 7) is 5.98. The van der Waals surface area contributed by atoms with E-state index in [-0.39, 0.29) is 18.0 Å². The lowest BCUT2D eigenvalue weighted by molar-refractivity contribution is -0.137. The number of rotatable bonds is 5. The zero-order chi connectivity index (χ0) is 19.0. The van der Waals surface area contributed by atoms with E-state index in [1.54, 1.807) is 23.6 Å². The van der Waals surface area contributed by atoms with Crippen LogP contribution in [0.15, 0.2) is 35.1 Å². The van der Waals surface area contributed by atoms with Gasteiger partial charge in [0.25, 0.3) is 5.56 Å². The molecule has 2 heterocycles. The number of fused-ring (bicyclic) bond motifs is 1. The van der Waals surface area contributed by atoms with E-state index in [2.05, 4.69) is 5.10 Å². The highest BCUT2D eigenvalue weighted by Crippen LogP contribution is 2.33. The van der Waals surface area contributed by atoms with Crippen LogP contribution in [0.25, 0.3) is 22.2 Å². The molecular weight excluding hydrogens is 337 g/mol. The highest BCUT2D eigenvalue weighted by molar-refractivity contribution is 5.97. The number of halogens is 1. The Labute approximate surface area is 149 Å². The first-order valence-corrected chi connectivity index (χ1v) is 8.36. The first-order valence-electron chi connectivity index (χ1n) is 8.36. The maximum absolute atomic E-state index is 13.9. The van der Waals surface area contributed by atoms with Crippen LogP contribution in [0, 0.1) is 18.7 Å². The van der Waals surface area contributed by atoms with Crippen molar-refractivity contribution in [2.24, 2.45) is 5.92 Å². The van der Waals surface area contributed by atoms with E-state index >= 15 is 0 Å². The van der Waals surface area contributed by atoms with Gasteiger partial charge < -0.3 is 9.67 Å². The first-order chi connectivity index (χ1) is 12.3. The smallest absolute Gasteiger partial charge is 0.323 e. The second-order valence-electron chi connectivity index (χ2n) is 6.73. The molecule has 0 atom stereocenters. The number of carboxylic acid groups (broad SMARTS) is 1. The van der Waals surface area contributed by atoms with Crippen molar-refractivity contribution in [2.75, 3.05) is 0 Å². The monoisotopic (exact) mass is 357 g/mol. The minimum absolute atomic E-state index is 0.208. The number of hydrogen-bond acceptors (Lipinski definition) is 3. The van der Waals surface area contributed by atoms with Crippen molar-refractivity contribution in [2.45, 2.75) is 33.9 Å². The molecule has 0 unspecified atom stereocenters. The van der Waals surface area contributed by atoms with Gasteiger partial charge in [0.05, 0.1) is 5.69 Å². The Morgan fingerprint density at radius 2 is 2.00 bits per heavy atom. The number of hydrogen-bond donors (Lipinski definition) is 1. The third-order valence-electron chi connectivity index (χ3n) is 4.24. The summed E-state index contributed by atoms with van der Waals surface area (Å²) >= 11 is 0. The standard InChI is InChI=1S/C19H20FN3O3/c1-11(2)9-23-17(24)7-5-15(21-23)19-12(3)22(10-18(25)26)16-6-4-13(20)8-14(16)19/h4-8,11H,9-10H2,1-3H3,(H,25,26). The third-order valence-corrected chi connectivity index (χ3v) is 4.24. The predicted octanol–water partition coefficient (Wildman–Crippen LogP) is 3.05. The van der Waals surface area contributed by atoms with Crippen molar-refractivity contribution in [1.29, 1.82) is 0 Å². The van der Waals surface area contributed by atoms with Gasteiger partial charge in [0.1, 0.15) is 12.4 Å². The lowest BCUT2D eigenvalue weighted by Gasteiger charge is -2.10. The van der Waals surface area contributed by atoms with Crippen LogP contribution in [-0.4, -0.2) is 25.4 Å². The largest absolute Gasteiger partial charge is 0.480 e. The fraction of sp³-hybridized carbons (Fsp3) is 0.316. The Morgan fingerprint density at radius 3 is 2.65 bits per heavy atom. The van der Waals surface area contributed by atoms with Gasteiger partial charge in [-0.15, -0.1) is 0 Å². The van der Waals surface area contributed by atoms with Crippen molar-refractivity contribution in [3.8, 4) is 11.3 Å². The molecule has 3 aromatic rings. The summed E-state index contributed by atoms with van der Waals surface area (Å²) < 4.78 is 16.9. The van der Waals surface area contributed by atoms with Crippen LogP contribution in [-0.2, 0) is 17.9 Å². The Hall–Kier alpha value is -2.96. The minimum atomic E-state index is -0.987. The molecule has 136 valence electrons. The molecule has 1 aromatic carbocycles. The van der Waals surface area contributed by atoms with Crippen molar-refractivity contribution in [1.82, 2.24) is 14.3 Å². The summed E-state index contributed by atoms with van der Waals surface area (Å²) in [6.07, 6.45) is 0. The molecule has 3 rings (SSSR count). The van der Waals surface area contributed by atoms with Gasteiger partial charge >= 0.3 is 5.97 Å². The molecule has 1 N–H and O–H groups in total. The van der Waals surface area contributed by atoms with Crippen LogP contribution < -0.4 is 5.56 Å². The highest BCUT2D eigenvalue weighted by Gasteiger charge is 2.19. The number of aliphatic carboxylic acids is 1. The van der Waals surface area contributed by atoms with Gasteiger partial charge in [-0.05, 0) is 37.1 Å². The summed E-state index contributed by atoms with van der Waals surface area (Å²) in [5.74, 6) is -1.16. The van der Waals surface area contributed by atoms with E-state index in [1.165, 1.54) is 22.9 Å². The summed E-state index contributed by atoms with van der Waals surface area (Å²) in [6, 6.07) is 7.27. The summed E-state index contributed by atoms with van der Waals surface area (Å²) in [7, 11) is 0. The van der Waals surface area contributed by atoms with Crippen LogP contribution >= 0.6 is 0 Å². The van der Waals surface area contributed by atoms with Gasteiger partial charge in [0.15, 0.2) is 0 Å². The van der Waals surface area contributed by atoms with Crippen LogP contribution in [0.2, 0.25) is 0 Å². The molecule has 0 aliphatic heterocycles. The number of carboxylic acids is 1. The molecule has 0 radical (unpaired) electrons. The van der Waals surface area contributed by atoms with Crippen LogP contribution in [0.4, 0.5) is 4.39 Å². The molecular formula is C19H20FN3O3. The molecule has 26 heavy (non-hydrogen) atoms. The quantitative estimate of drug-likeness (QED) is 0.761. The number of carbonyl (C=O) groups is 1. The average Bonchev–Trinajstić information content (AvgIpc) is 2.80. The van der Waals surface area contributed by atoms with E-state index < -0.39 is 11.8 Å². The average molecular weight is 357 g/mol. The van der Waals surface area contributed by atoms with Crippen LogP contribution in [0.3, 0.4) is 0 Å². The Bertz CT molecular complexity index is 1050. The summed E-state index contributed by atoms with van der Waals surface area (Å²) in [4.78, 5) is 23.3. The highest BCUT2D eigenvalue weighted by atomic mass is 19.1. The third kappa shape index (κ3) is 3.24. The molecule has 6 nitrogen and oxygen atoms in total. The van der Waals surface area contributed by atoms with Gasteiger partial charge in [-0.3, -0.25) is 9.59 Å². The topological polar surface area (TPSA) is 77.1 Å². The van der Waals surface area contributed by atoms with E-state index in [9.17, 15) is 19.1 Å². The fourth-order valence-corrected chi connectivity index (χ4v) is 3.18. The number of nitrogens with zero attached hydrogens (tertiary/aromatic N) is 3. The van der Waals surface area contributed by atoms with Crippen LogP contribution in [0.5, 0.6) is 0 Å². The zero-order valence-electron chi connectivity index (χ0n) is 14.9. The van der Waals surface area contributed by atoms with Gasteiger partial charge in [-0.1, -0.05) is 13.8 Å². The number of benzene rings is 1. The molecule has 0 spiro atoms. The van der Waals surface area contributed by atoms with Gasteiger partial charge in [-0.25, -0.2) is 9.07 Å². The van der Waals surface area contributed by atoms with Gasteiger partial charge in [-0.2, -0.15) is 5.10 Å². The van der Waals surface area contributed by atoms with E-state index in [0.29, 0.717) is 34.4 Å². The van der Waals surface area contributed by atoms with Crippen molar-refractivity contribution >= 4 is 16.9 Å². The van der Waals surface area contributed by atoms with Crippen molar-refractivity contribution < 1.29 is 14.3 Å². The van der Waals surface area contributed by atoms with Crippen molar-refractivity contribution in [3.05, 3.63) is 52.2 Å². The van der Waals surface area contributed by atoms with Gasteiger partial charge in [0.2, 0.25) is 0 Å². The molecule has 0 saturated carbocycles. The lowest BCUT2D eigenvalue weighted by atomic mass is 10.1. The van der Waals surface area contributed by atoms with Crippen LogP contribution in [0.1, 0.15) is 19.5 Å². The summed E-state index contributed by atoms with van der Waals surface area (Å²) in [5.41, 5.74) is 2.22.